The average molecular weight is 286 g/mol. The molecule has 0 aromatic heterocycles. The number of ether oxygens (including phenoxy) is 1. The highest BCUT2D eigenvalue weighted by atomic mass is 19.4. The van der Waals surface area contributed by atoms with Crippen LogP contribution in [0.25, 0.3) is 5.57 Å². The molecule has 1 aromatic rings. The number of methoxy groups -OCH3 is 1. The van der Waals surface area contributed by atoms with Crippen LogP contribution in [0.15, 0.2) is 29.8 Å². The molecule has 0 unspecified atom stereocenters. The molecule has 1 rings (SSSR count). The first kappa shape index (κ1) is 16.8. The number of hydrogen-bond donors (Lipinski definition) is 0. The number of hydrogen-bond acceptors (Lipinski definition) is 1. The number of alkyl halides is 3. The fraction of sp³-hybridized carbons (Fsp3) is 0.500. The third kappa shape index (κ3) is 5.00. The van der Waals surface area contributed by atoms with Crippen molar-refractivity contribution in [1.29, 1.82) is 0 Å². The van der Waals surface area contributed by atoms with E-state index in [9.17, 15) is 13.2 Å². The Kier molecular flexibility index (Phi) is 6.27. The zero-order valence-electron chi connectivity index (χ0n) is 12.2. The summed E-state index contributed by atoms with van der Waals surface area (Å²) in [6.45, 7) is 4.69. The Morgan fingerprint density at radius 3 is 2.10 bits per heavy atom. The molecule has 0 amide bonds. The summed E-state index contributed by atoms with van der Waals surface area (Å²) in [5.41, 5.74) is 2.53. The molecule has 0 bridgehead atoms. The summed E-state index contributed by atoms with van der Waals surface area (Å²) in [6, 6.07) is 5.41. The van der Waals surface area contributed by atoms with E-state index >= 15 is 0 Å². The van der Waals surface area contributed by atoms with Gasteiger partial charge in [-0.3, -0.25) is 0 Å². The molecule has 4 heteroatoms. The minimum Gasteiger partial charge on any atom is -0.385 e. The van der Waals surface area contributed by atoms with E-state index in [1.807, 2.05) is 13.8 Å². The monoisotopic (exact) mass is 286 g/mol. The van der Waals surface area contributed by atoms with E-state index < -0.39 is 11.7 Å². The first-order chi connectivity index (χ1) is 9.36. The van der Waals surface area contributed by atoms with Gasteiger partial charge in [0.15, 0.2) is 0 Å². The molecular weight excluding hydrogens is 265 g/mol. The highest BCUT2D eigenvalue weighted by Crippen LogP contribution is 2.31. The van der Waals surface area contributed by atoms with Crippen molar-refractivity contribution in [3.05, 3.63) is 41.0 Å². The maximum atomic E-state index is 12.5. The van der Waals surface area contributed by atoms with E-state index in [4.69, 9.17) is 4.74 Å². The van der Waals surface area contributed by atoms with Crippen molar-refractivity contribution in [2.45, 2.75) is 39.3 Å². The lowest BCUT2D eigenvalue weighted by Gasteiger charge is -2.12. The van der Waals surface area contributed by atoms with E-state index in [1.165, 1.54) is 0 Å². The van der Waals surface area contributed by atoms with Crippen LogP contribution >= 0.6 is 0 Å². The van der Waals surface area contributed by atoms with Crippen LogP contribution in [0.1, 0.15) is 44.2 Å². The van der Waals surface area contributed by atoms with E-state index in [0.29, 0.717) is 6.61 Å². The Balaban J connectivity index is 2.81. The highest BCUT2D eigenvalue weighted by Gasteiger charge is 2.30. The molecule has 0 saturated carbocycles. The molecular formula is C16H21F3O. The molecule has 0 spiro atoms. The standard InChI is InChI=1S/C16H21F3O/c1-12(2)15(6-4-5-11-20-3)13-7-9-14(10-8-13)16(17,18)19/h7-10H,4-6,11H2,1-3H3. The molecule has 0 aliphatic heterocycles. The van der Waals surface area contributed by atoms with E-state index in [1.54, 1.807) is 19.2 Å². The van der Waals surface area contributed by atoms with E-state index in [-0.39, 0.29) is 0 Å². The van der Waals surface area contributed by atoms with Crippen molar-refractivity contribution in [3.63, 3.8) is 0 Å². The fourth-order valence-electron chi connectivity index (χ4n) is 2.09. The molecule has 0 N–H and O–H groups in total. The second-order valence-corrected chi connectivity index (χ2v) is 5.00. The van der Waals surface area contributed by atoms with Gasteiger partial charge in [-0.15, -0.1) is 0 Å². The van der Waals surface area contributed by atoms with Crippen LogP contribution in [0.3, 0.4) is 0 Å². The van der Waals surface area contributed by atoms with Crippen LogP contribution in [0.4, 0.5) is 13.2 Å². The summed E-state index contributed by atoms with van der Waals surface area (Å²) in [4.78, 5) is 0. The maximum Gasteiger partial charge on any atom is 0.416 e. The topological polar surface area (TPSA) is 9.23 Å². The van der Waals surface area contributed by atoms with Gasteiger partial charge in [0.25, 0.3) is 0 Å². The molecule has 0 saturated heterocycles. The lowest BCUT2D eigenvalue weighted by atomic mass is 9.95. The van der Waals surface area contributed by atoms with Crippen molar-refractivity contribution < 1.29 is 17.9 Å². The van der Waals surface area contributed by atoms with Crippen LogP contribution in [-0.4, -0.2) is 13.7 Å². The van der Waals surface area contributed by atoms with Crippen LogP contribution in [0, 0.1) is 0 Å². The number of unbranched alkanes of at least 4 members (excludes halogenated alkanes) is 1. The summed E-state index contributed by atoms with van der Waals surface area (Å²) in [6.07, 6.45) is -1.50. The molecule has 0 radical (unpaired) electrons. The summed E-state index contributed by atoms with van der Waals surface area (Å²) in [7, 11) is 1.66. The molecule has 0 fully saturated rings. The lowest BCUT2D eigenvalue weighted by Crippen LogP contribution is -2.04. The van der Waals surface area contributed by atoms with Crippen LogP contribution in [-0.2, 0) is 10.9 Å². The van der Waals surface area contributed by atoms with Gasteiger partial charge in [0.1, 0.15) is 0 Å². The summed E-state index contributed by atoms with van der Waals surface area (Å²) in [5, 5.41) is 0. The SMILES string of the molecule is COCCCCC(=C(C)C)c1ccc(C(F)(F)F)cc1. The highest BCUT2D eigenvalue weighted by molar-refractivity contribution is 5.68. The third-order valence-electron chi connectivity index (χ3n) is 3.19. The number of allylic oxidation sites excluding steroid dienone is 2. The molecule has 20 heavy (non-hydrogen) atoms. The van der Waals surface area contributed by atoms with Gasteiger partial charge in [0, 0.05) is 13.7 Å². The second-order valence-electron chi connectivity index (χ2n) is 5.00. The molecule has 112 valence electrons. The minimum atomic E-state index is -4.28. The first-order valence-corrected chi connectivity index (χ1v) is 6.69. The Labute approximate surface area is 118 Å². The van der Waals surface area contributed by atoms with Crippen molar-refractivity contribution in [3.8, 4) is 0 Å². The molecule has 0 atom stereocenters. The van der Waals surface area contributed by atoms with Gasteiger partial charge >= 0.3 is 6.18 Å². The van der Waals surface area contributed by atoms with Crippen molar-refractivity contribution in [1.82, 2.24) is 0 Å². The van der Waals surface area contributed by atoms with Gasteiger partial charge in [0.2, 0.25) is 0 Å². The van der Waals surface area contributed by atoms with Crippen LogP contribution in [0.5, 0.6) is 0 Å². The van der Waals surface area contributed by atoms with Crippen molar-refractivity contribution in [2.24, 2.45) is 0 Å². The van der Waals surface area contributed by atoms with E-state index in [0.717, 1.165) is 48.1 Å². The Bertz CT molecular complexity index is 440. The number of benzene rings is 1. The normalized spacial score (nSPS) is 11.5. The summed E-state index contributed by atoms with van der Waals surface area (Å²) >= 11 is 0. The summed E-state index contributed by atoms with van der Waals surface area (Å²) < 4.78 is 42.6. The van der Waals surface area contributed by atoms with E-state index in [2.05, 4.69) is 0 Å². The van der Waals surface area contributed by atoms with Gasteiger partial charge in [-0.25, -0.2) is 0 Å². The third-order valence-corrected chi connectivity index (χ3v) is 3.19. The zero-order valence-corrected chi connectivity index (χ0v) is 12.2. The summed E-state index contributed by atoms with van der Waals surface area (Å²) in [5.74, 6) is 0. The predicted molar refractivity (Wildman–Crippen MR) is 75.4 cm³/mol. The minimum absolute atomic E-state index is 0.603. The fourth-order valence-corrected chi connectivity index (χ4v) is 2.09. The van der Waals surface area contributed by atoms with Gasteiger partial charge < -0.3 is 4.74 Å². The quantitative estimate of drug-likeness (QED) is 0.643. The van der Waals surface area contributed by atoms with Gasteiger partial charge in [0.05, 0.1) is 5.56 Å². The first-order valence-electron chi connectivity index (χ1n) is 6.69. The Morgan fingerprint density at radius 1 is 1.05 bits per heavy atom. The van der Waals surface area contributed by atoms with Crippen LogP contribution < -0.4 is 0 Å². The molecule has 0 aliphatic carbocycles. The van der Waals surface area contributed by atoms with Gasteiger partial charge in [-0.05, 0) is 56.4 Å². The van der Waals surface area contributed by atoms with Gasteiger partial charge in [-0.2, -0.15) is 13.2 Å². The maximum absolute atomic E-state index is 12.5. The van der Waals surface area contributed by atoms with Gasteiger partial charge in [-0.1, -0.05) is 17.7 Å². The lowest BCUT2D eigenvalue weighted by molar-refractivity contribution is -0.137. The number of halogens is 3. The molecule has 1 aromatic carbocycles. The van der Waals surface area contributed by atoms with Crippen molar-refractivity contribution >= 4 is 5.57 Å². The largest absolute Gasteiger partial charge is 0.416 e. The second kappa shape index (κ2) is 7.48. The van der Waals surface area contributed by atoms with Crippen LogP contribution in [0.2, 0.25) is 0 Å². The van der Waals surface area contributed by atoms with Crippen molar-refractivity contribution in [2.75, 3.05) is 13.7 Å². The predicted octanol–water partition coefficient (Wildman–Crippen LogP) is 5.32. The Hall–Kier alpha value is -1.29. The molecule has 0 heterocycles. The zero-order chi connectivity index (χ0) is 15.2. The molecule has 0 aliphatic rings. The molecule has 1 nitrogen and oxygen atoms in total. The Morgan fingerprint density at radius 2 is 1.65 bits per heavy atom. The smallest absolute Gasteiger partial charge is 0.385 e. The number of rotatable bonds is 6. The average Bonchev–Trinajstić information content (AvgIpc) is 2.37.